The van der Waals surface area contributed by atoms with Gasteiger partial charge in [-0.1, -0.05) is 38.3 Å². The van der Waals surface area contributed by atoms with Gasteiger partial charge < -0.3 is 10.3 Å². The predicted octanol–water partition coefficient (Wildman–Crippen LogP) is 3.59. The van der Waals surface area contributed by atoms with Crippen LogP contribution in [0.1, 0.15) is 65.2 Å². The van der Waals surface area contributed by atoms with E-state index in [1.165, 1.54) is 6.42 Å². The summed E-state index contributed by atoms with van der Waals surface area (Å²) in [6.07, 6.45) is 8.29. The van der Waals surface area contributed by atoms with E-state index in [-0.39, 0.29) is 6.61 Å². The minimum Gasteiger partial charge on any atom is -0.411 e. The summed E-state index contributed by atoms with van der Waals surface area (Å²) < 4.78 is 0. The van der Waals surface area contributed by atoms with Crippen LogP contribution in [0.15, 0.2) is 5.16 Å². The van der Waals surface area contributed by atoms with Crippen LogP contribution < -0.4 is 0 Å². The van der Waals surface area contributed by atoms with Gasteiger partial charge in [0, 0.05) is 6.61 Å². The maximum absolute atomic E-state index is 8.84. The quantitative estimate of drug-likeness (QED) is 0.260. The Kier molecular flexibility index (Phi) is 10.5. The van der Waals surface area contributed by atoms with E-state index < -0.39 is 0 Å². The summed E-state index contributed by atoms with van der Waals surface area (Å²) in [5.41, 5.74) is 0.935. The topological polar surface area (TPSA) is 52.8 Å². The van der Waals surface area contributed by atoms with Gasteiger partial charge in [-0.05, 0) is 38.0 Å². The van der Waals surface area contributed by atoms with Crippen molar-refractivity contribution in [1.82, 2.24) is 0 Å². The Morgan fingerprint density at radius 1 is 1.00 bits per heavy atom. The Balaban J connectivity index is 3.45. The molecule has 3 nitrogen and oxygen atoms in total. The lowest BCUT2D eigenvalue weighted by atomic mass is 10.0. The molecule has 0 radical (unpaired) electrons. The van der Waals surface area contributed by atoms with Crippen LogP contribution >= 0.6 is 0 Å². The fraction of sp³-hybridized carbons (Fsp3) is 0.923. The van der Waals surface area contributed by atoms with E-state index >= 15 is 0 Å². The molecule has 0 bridgehead atoms. The summed E-state index contributed by atoms with van der Waals surface area (Å²) in [6.45, 7) is 4.71. The minimum absolute atomic E-state index is 0.287. The van der Waals surface area contributed by atoms with Gasteiger partial charge in [0.1, 0.15) is 0 Å². The molecule has 2 N–H and O–H groups in total. The summed E-state index contributed by atoms with van der Waals surface area (Å²) in [5.74, 6) is 0.726. The number of aliphatic hydroxyl groups is 1. The highest BCUT2D eigenvalue weighted by Crippen LogP contribution is 2.11. The molecule has 3 heteroatoms. The molecule has 0 amide bonds. The lowest BCUT2D eigenvalue weighted by Crippen LogP contribution is -2.00. The molecule has 0 aliphatic heterocycles. The number of aliphatic hydroxyl groups excluding tert-OH is 1. The number of unbranched alkanes of at least 4 members (excludes halogenated alkanes) is 3. The zero-order valence-corrected chi connectivity index (χ0v) is 10.8. The van der Waals surface area contributed by atoms with Crippen molar-refractivity contribution in [3.05, 3.63) is 0 Å². The molecule has 0 aliphatic carbocycles. The normalized spacial score (nSPS) is 12.4. The maximum atomic E-state index is 8.84. The number of oxime groups is 1. The molecule has 0 rings (SSSR count). The molecule has 0 aromatic rings. The van der Waals surface area contributed by atoms with E-state index in [1.807, 2.05) is 0 Å². The summed E-state index contributed by atoms with van der Waals surface area (Å²) >= 11 is 0. The standard InChI is InChI=1S/C13H27NO2/c1-12(2)8-7-10-13(14-16)9-5-3-4-6-11-15/h12,15-16H,3-11H2,1-2H3. The van der Waals surface area contributed by atoms with Gasteiger partial charge in [-0.25, -0.2) is 0 Å². The second-order valence-corrected chi connectivity index (χ2v) is 4.84. The van der Waals surface area contributed by atoms with Crippen molar-refractivity contribution < 1.29 is 10.3 Å². The molecule has 0 atom stereocenters. The third kappa shape index (κ3) is 9.97. The van der Waals surface area contributed by atoms with Crippen LogP contribution in [-0.4, -0.2) is 22.6 Å². The minimum atomic E-state index is 0.287. The Morgan fingerprint density at radius 2 is 1.62 bits per heavy atom. The molecule has 0 heterocycles. The lowest BCUT2D eigenvalue weighted by molar-refractivity contribution is 0.282. The fourth-order valence-corrected chi connectivity index (χ4v) is 1.73. The average molecular weight is 229 g/mol. The van der Waals surface area contributed by atoms with E-state index in [1.54, 1.807) is 0 Å². The Morgan fingerprint density at radius 3 is 2.19 bits per heavy atom. The lowest BCUT2D eigenvalue weighted by Gasteiger charge is -2.06. The molecule has 0 fully saturated rings. The summed E-state index contributed by atoms with van der Waals surface area (Å²) in [7, 11) is 0. The Bertz CT molecular complexity index is 179. The summed E-state index contributed by atoms with van der Waals surface area (Å²) in [6, 6.07) is 0. The number of rotatable bonds is 10. The van der Waals surface area contributed by atoms with Crippen molar-refractivity contribution in [3.63, 3.8) is 0 Å². The number of nitrogens with zero attached hydrogens (tertiary/aromatic N) is 1. The van der Waals surface area contributed by atoms with Gasteiger partial charge in [-0.15, -0.1) is 0 Å². The molecule has 0 unspecified atom stereocenters. The Labute approximate surface area is 99.6 Å². The number of hydrogen-bond acceptors (Lipinski definition) is 3. The van der Waals surface area contributed by atoms with Crippen LogP contribution in [0.4, 0.5) is 0 Å². The zero-order chi connectivity index (χ0) is 12.2. The molecule has 16 heavy (non-hydrogen) atoms. The first-order chi connectivity index (χ1) is 7.70. The predicted molar refractivity (Wildman–Crippen MR) is 68.1 cm³/mol. The number of hydrogen-bond donors (Lipinski definition) is 2. The highest BCUT2D eigenvalue weighted by Gasteiger charge is 2.02. The van der Waals surface area contributed by atoms with Crippen molar-refractivity contribution in [2.75, 3.05) is 6.61 Å². The Hall–Kier alpha value is -0.570. The van der Waals surface area contributed by atoms with Crippen molar-refractivity contribution in [1.29, 1.82) is 0 Å². The second kappa shape index (κ2) is 10.9. The first-order valence-electron chi connectivity index (χ1n) is 6.51. The summed E-state index contributed by atoms with van der Waals surface area (Å²) in [4.78, 5) is 0. The molecule has 0 aromatic carbocycles. The summed E-state index contributed by atoms with van der Waals surface area (Å²) in [5, 5.41) is 20.8. The monoisotopic (exact) mass is 229 g/mol. The van der Waals surface area contributed by atoms with Gasteiger partial charge in [-0.3, -0.25) is 0 Å². The van der Waals surface area contributed by atoms with Gasteiger partial charge in [0.05, 0.1) is 5.71 Å². The van der Waals surface area contributed by atoms with Gasteiger partial charge in [0.25, 0.3) is 0 Å². The van der Waals surface area contributed by atoms with Gasteiger partial charge in [0.2, 0.25) is 0 Å². The zero-order valence-electron chi connectivity index (χ0n) is 10.8. The fourth-order valence-electron chi connectivity index (χ4n) is 1.73. The van der Waals surface area contributed by atoms with Crippen molar-refractivity contribution in [2.45, 2.75) is 65.2 Å². The first kappa shape index (κ1) is 15.4. The molecular formula is C13H27NO2. The molecule has 0 saturated carbocycles. The molecule has 96 valence electrons. The molecular weight excluding hydrogens is 202 g/mol. The van der Waals surface area contributed by atoms with Gasteiger partial charge in [-0.2, -0.15) is 0 Å². The van der Waals surface area contributed by atoms with Gasteiger partial charge >= 0.3 is 0 Å². The van der Waals surface area contributed by atoms with Crippen LogP contribution in [0.25, 0.3) is 0 Å². The van der Waals surface area contributed by atoms with Crippen molar-refractivity contribution in [3.8, 4) is 0 Å². The molecule has 0 saturated heterocycles. The van der Waals surface area contributed by atoms with E-state index in [9.17, 15) is 0 Å². The highest BCUT2D eigenvalue weighted by molar-refractivity contribution is 5.83. The van der Waals surface area contributed by atoms with Crippen molar-refractivity contribution >= 4 is 5.71 Å². The largest absolute Gasteiger partial charge is 0.411 e. The molecule has 0 spiro atoms. The van der Waals surface area contributed by atoms with E-state index in [0.717, 1.165) is 56.6 Å². The van der Waals surface area contributed by atoms with E-state index in [0.29, 0.717) is 0 Å². The third-order valence-electron chi connectivity index (χ3n) is 2.76. The molecule has 0 aromatic heterocycles. The SMILES string of the molecule is CC(C)CCCC(CCCCCCO)=NO. The van der Waals surface area contributed by atoms with Crippen molar-refractivity contribution in [2.24, 2.45) is 11.1 Å². The van der Waals surface area contributed by atoms with Crippen LogP contribution in [0, 0.1) is 5.92 Å². The van der Waals surface area contributed by atoms with Gasteiger partial charge in [0.15, 0.2) is 0 Å². The second-order valence-electron chi connectivity index (χ2n) is 4.84. The van der Waals surface area contributed by atoms with Crippen LogP contribution in [0.3, 0.4) is 0 Å². The van der Waals surface area contributed by atoms with Crippen LogP contribution in [0.5, 0.6) is 0 Å². The highest BCUT2D eigenvalue weighted by atomic mass is 16.4. The van der Waals surface area contributed by atoms with Crippen LogP contribution in [-0.2, 0) is 0 Å². The first-order valence-corrected chi connectivity index (χ1v) is 6.51. The molecule has 0 aliphatic rings. The van der Waals surface area contributed by atoms with E-state index in [4.69, 9.17) is 10.3 Å². The average Bonchev–Trinajstić information content (AvgIpc) is 2.26. The third-order valence-corrected chi connectivity index (χ3v) is 2.76. The van der Waals surface area contributed by atoms with Crippen LogP contribution in [0.2, 0.25) is 0 Å². The maximum Gasteiger partial charge on any atom is 0.0570 e. The van der Waals surface area contributed by atoms with E-state index in [2.05, 4.69) is 19.0 Å². The smallest absolute Gasteiger partial charge is 0.0570 e.